The molecule has 1 atom stereocenters. The van der Waals surface area contributed by atoms with Crippen LogP contribution >= 0.6 is 0 Å². The first-order valence-corrected chi connectivity index (χ1v) is 18.0. The molecule has 5 aromatic carbocycles. The molecule has 1 N–H and O–H groups in total. The number of aryl methyl sites for hydroxylation is 6. The number of carbonyl (C=O) groups is 1. The predicted molar refractivity (Wildman–Crippen MR) is 201 cm³/mol. The zero-order chi connectivity index (χ0) is 34.7. The second kappa shape index (κ2) is 17.3. The molecule has 5 aromatic rings. The van der Waals surface area contributed by atoms with E-state index in [2.05, 4.69) is 109 Å². The van der Waals surface area contributed by atoms with Crippen molar-refractivity contribution in [3.05, 3.63) is 171 Å². The molecule has 0 radical (unpaired) electrons. The van der Waals surface area contributed by atoms with Crippen LogP contribution in [0.1, 0.15) is 63.0 Å². The molecule has 5 heteroatoms. The van der Waals surface area contributed by atoms with Gasteiger partial charge >= 0.3 is 5.97 Å². The van der Waals surface area contributed by atoms with Gasteiger partial charge in [0.15, 0.2) is 6.10 Å². The van der Waals surface area contributed by atoms with Crippen molar-refractivity contribution in [2.75, 3.05) is 26.8 Å². The Morgan fingerprint density at radius 1 is 0.700 bits per heavy atom. The van der Waals surface area contributed by atoms with Gasteiger partial charge in [0.1, 0.15) is 12.4 Å². The highest BCUT2D eigenvalue weighted by Gasteiger charge is 2.27. The number of benzene rings is 5. The number of hydrogen-bond acceptors (Lipinski definition) is 4. The monoisotopic (exact) mass is 667 g/mol. The summed E-state index contributed by atoms with van der Waals surface area (Å²) >= 11 is 0. The summed E-state index contributed by atoms with van der Waals surface area (Å²) in [4.78, 5) is 14.0. The largest absolute Gasteiger partial charge is 0.492 e. The van der Waals surface area contributed by atoms with Crippen molar-refractivity contribution in [3.8, 4) is 5.75 Å². The number of fused-ring (bicyclic) bond motifs is 2. The summed E-state index contributed by atoms with van der Waals surface area (Å²) in [6, 6.07) is 43.7. The van der Waals surface area contributed by atoms with Gasteiger partial charge in [-0.1, -0.05) is 109 Å². The van der Waals surface area contributed by atoms with Crippen LogP contribution in [0.5, 0.6) is 5.75 Å². The Morgan fingerprint density at radius 2 is 1.20 bits per heavy atom. The molecule has 0 saturated heterocycles. The van der Waals surface area contributed by atoms with Crippen LogP contribution < -0.4 is 4.74 Å². The van der Waals surface area contributed by atoms with E-state index in [1.54, 1.807) is 0 Å². The van der Waals surface area contributed by atoms with E-state index in [0.717, 1.165) is 56.4 Å². The third kappa shape index (κ3) is 9.29. The van der Waals surface area contributed by atoms with E-state index in [-0.39, 0.29) is 6.04 Å². The molecule has 1 aliphatic carbocycles. The zero-order valence-corrected chi connectivity index (χ0v) is 29.4. The van der Waals surface area contributed by atoms with Gasteiger partial charge in [-0.05, 0) is 115 Å². The van der Waals surface area contributed by atoms with Gasteiger partial charge in [0.2, 0.25) is 0 Å². The molecule has 1 aliphatic rings. The van der Waals surface area contributed by atoms with Crippen molar-refractivity contribution in [3.63, 3.8) is 0 Å². The van der Waals surface area contributed by atoms with Crippen molar-refractivity contribution in [1.82, 2.24) is 4.90 Å². The van der Waals surface area contributed by atoms with Crippen LogP contribution in [-0.4, -0.2) is 48.9 Å². The van der Waals surface area contributed by atoms with Crippen LogP contribution in [0, 0.1) is 0 Å². The fourth-order valence-corrected chi connectivity index (χ4v) is 7.17. The predicted octanol–water partition coefficient (Wildman–Crippen LogP) is 8.49. The Bertz CT molecular complexity index is 1730. The number of carboxylic acids is 1. The normalized spacial score (nSPS) is 13.3. The number of aliphatic carboxylic acids is 1. The molecule has 0 fully saturated rings. The summed E-state index contributed by atoms with van der Waals surface area (Å²) in [6.07, 6.45) is 5.69. The molecule has 0 aromatic heterocycles. The Balaban J connectivity index is 1.17. The molecule has 0 amide bonds. The third-order valence-corrected chi connectivity index (χ3v) is 9.90. The summed E-state index contributed by atoms with van der Waals surface area (Å²) in [5.41, 5.74) is 12.1. The fraction of sp³-hybridized carbons (Fsp3) is 0.311. The van der Waals surface area contributed by atoms with Crippen molar-refractivity contribution >= 4 is 5.97 Å². The number of rotatable bonds is 16. The van der Waals surface area contributed by atoms with Crippen LogP contribution in [-0.2, 0) is 54.5 Å². The molecule has 0 aliphatic heterocycles. The number of likely N-dealkylation sites (N-methyl/N-ethyl adjacent to an activating group) is 1. The molecule has 5 nitrogen and oxygen atoms in total. The van der Waals surface area contributed by atoms with Crippen LogP contribution in [0.25, 0.3) is 0 Å². The third-order valence-electron chi connectivity index (χ3n) is 9.90. The second-order valence-corrected chi connectivity index (χ2v) is 13.4. The minimum absolute atomic E-state index is 0.131. The Hall–Kier alpha value is -4.71. The van der Waals surface area contributed by atoms with E-state index in [4.69, 9.17) is 9.47 Å². The van der Waals surface area contributed by atoms with Gasteiger partial charge in [-0.2, -0.15) is 0 Å². The molecular weight excluding hydrogens is 618 g/mol. The van der Waals surface area contributed by atoms with Gasteiger partial charge in [-0.3, -0.25) is 4.90 Å². The summed E-state index contributed by atoms with van der Waals surface area (Å²) in [7, 11) is 2.21. The highest BCUT2D eigenvalue weighted by atomic mass is 16.5. The van der Waals surface area contributed by atoms with Gasteiger partial charge in [0.05, 0.1) is 6.04 Å². The molecule has 0 saturated carbocycles. The van der Waals surface area contributed by atoms with E-state index in [0.29, 0.717) is 19.6 Å². The minimum Gasteiger partial charge on any atom is -0.492 e. The lowest BCUT2D eigenvalue weighted by atomic mass is 9.90. The van der Waals surface area contributed by atoms with E-state index in [1.807, 2.05) is 31.2 Å². The van der Waals surface area contributed by atoms with Crippen LogP contribution in [0.4, 0.5) is 0 Å². The van der Waals surface area contributed by atoms with Gasteiger partial charge in [0.25, 0.3) is 0 Å². The van der Waals surface area contributed by atoms with E-state index in [1.165, 1.54) is 44.5 Å². The number of hydrogen-bond donors (Lipinski definition) is 1. The minimum atomic E-state index is -0.941. The quantitative estimate of drug-likeness (QED) is 0.114. The van der Waals surface area contributed by atoms with Crippen LogP contribution in [0.3, 0.4) is 0 Å². The first-order valence-electron chi connectivity index (χ1n) is 18.0. The van der Waals surface area contributed by atoms with E-state index < -0.39 is 12.1 Å². The number of ether oxygens (including phenoxy) is 2. The standard InChI is InChI=1S/C45H49NO4/c1-3-49-43(45(47)48)32-37-18-24-40(25-19-37)50-29-28-46(2)44-41-26-20-35(16-14-33-10-6-4-7-11-33)30-38(41)22-23-39-31-36(21-27-42(39)44)17-15-34-12-8-5-9-13-34/h4-13,18-21,24-27,30-31,43-44H,3,14-17,22-23,28-29,32H2,1-2H3,(H,47,48). The summed E-state index contributed by atoms with van der Waals surface area (Å²) in [6.45, 7) is 3.47. The maximum atomic E-state index is 11.5. The smallest absolute Gasteiger partial charge is 0.333 e. The topological polar surface area (TPSA) is 59.0 Å². The zero-order valence-electron chi connectivity index (χ0n) is 29.4. The molecule has 0 spiro atoms. The van der Waals surface area contributed by atoms with Gasteiger partial charge < -0.3 is 14.6 Å². The van der Waals surface area contributed by atoms with E-state index in [9.17, 15) is 9.90 Å². The summed E-state index contributed by atoms with van der Waals surface area (Å²) in [5, 5.41) is 9.44. The van der Waals surface area contributed by atoms with Gasteiger partial charge in [-0.25, -0.2) is 4.79 Å². The summed E-state index contributed by atoms with van der Waals surface area (Å²) in [5.74, 6) is -0.165. The molecule has 1 unspecified atom stereocenters. The lowest BCUT2D eigenvalue weighted by molar-refractivity contribution is -0.149. The lowest BCUT2D eigenvalue weighted by Gasteiger charge is -2.31. The molecule has 50 heavy (non-hydrogen) atoms. The molecule has 6 rings (SSSR count). The van der Waals surface area contributed by atoms with Crippen LogP contribution in [0.15, 0.2) is 121 Å². The first-order chi connectivity index (χ1) is 24.5. The van der Waals surface area contributed by atoms with Crippen molar-refractivity contribution in [2.45, 2.75) is 64.0 Å². The van der Waals surface area contributed by atoms with Crippen molar-refractivity contribution in [2.24, 2.45) is 0 Å². The maximum absolute atomic E-state index is 11.5. The first kappa shape index (κ1) is 35.1. The average molecular weight is 668 g/mol. The Kier molecular flexibility index (Phi) is 12.1. The fourth-order valence-electron chi connectivity index (χ4n) is 7.17. The maximum Gasteiger partial charge on any atom is 0.333 e. The van der Waals surface area contributed by atoms with E-state index >= 15 is 0 Å². The second-order valence-electron chi connectivity index (χ2n) is 13.4. The van der Waals surface area contributed by atoms with Gasteiger partial charge in [-0.15, -0.1) is 0 Å². The average Bonchev–Trinajstić information content (AvgIpc) is 3.30. The van der Waals surface area contributed by atoms with Crippen molar-refractivity contribution in [1.29, 1.82) is 0 Å². The van der Waals surface area contributed by atoms with Crippen molar-refractivity contribution < 1.29 is 19.4 Å². The molecule has 258 valence electrons. The Morgan fingerprint density at radius 3 is 1.70 bits per heavy atom. The lowest BCUT2D eigenvalue weighted by Crippen LogP contribution is -2.30. The number of nitrogens with zero attached hydrogens (tertiary/aromatic N) is 1. The SMILES string of the molecule is CCOC(Cc1ccc(OCCN(C)C2c3ccc(CCc4ccccc4)cc3CCc3cc(CCc4ccccc4)ccc32)cc1)C(=O)O. The van der Waals surface area contributed by atoms with Crippen LogP contribution in [0.2, 0.25) is 0 Å². The highest BCUT2D eigenvalue weighted by molar-refractivity contribution is 5.72. The molecule has 0 bridgehead atoms. The summed E-state index contributed by atoms with van der Waals surface area (Å²) < 4.78 is 11.6. The molecule has 0 heterocycles. The number of carboxylic acid groups (broad SMARTS) is 1. The highest BCUT2D eigenvalue weighted by Crippen LogP contribution is 2.37. The van der Waals surface area contributed by atoms with Gasteiger partial charge in [0, 0.05) is 19.6 Å². The Labute approximate surface area is 297 Å². The molecular formula is C45H49NO4.